The number of ether oxygens (including phenoxy) is 1. The molecule has 0 aliphatic carbocycles. The van der Waals surface area contributed by atoms with Crippen molar-refractivity contribution in [1.82, 2.24) is 4.90 Å². The Morgan fingerprint density at radius 1 is 0.565 bits per heavy atom. The molecule has 0 radical (unpaired) electrons. The molecule has 2 rings (SSSR count). The summed E-state index contributed by atoms with van der Waals surface area (Å²) in [5, 5.41) is -0.317. The van der Waals surface area contributed by atoms with Gasteiger partial charge >= 0.3 is 0 Å². The third kappa shape index (κ3) is 9.12. The second-order valence-corrected chi connectivity index (χ2v) is 38.9. The van der Waals surface area contributed by atoms with Gasteiger partial charge in [-0.2, -0.15) is 0 Å². The average Bonchev–Trinajstić information content (AvgIpc) is 3.15. The normalized spacial score (nSPS) is 26.7. The third-order valence-electron chi connectivity index (χ3n) is 12.1. The van der Waals surface area contributed by atoms with E-state index in [0.29, 0.717) is 0 Å². The van der Waals surface area contributed by atoms with Gasteiger partial charge in [-0.25, -0.2) is 0 Å². The van der Waals surface area contributed by atoms with Crippen molar-refractivity contribution in [3.8, 4) is 0 Å². The molecule has 2 aliphatic rings. The van der Waals surface area contributed by atoms with Crippen molar-refractivity contribution in [3.63, 3.8) is 0 Å². The van der Waals surface area contributed by atoms with Gasteiger partial charge in [0, 0.05) is 12.8 Å². The summed E-state index contributed by atoms with van der Waals surface area (Å²) in [6, 6.07) is 0. The number of carbonyl (C=O) groups is 2. The highest BCUT2D eigenvalue weighted by atomic mass is 28.4. The summed E-state index contributed by atoms with van der Waals surface area (Å²) in [4.78, 5) is 28.2. The molecular formula is C34H71NO7Si4. The maximum atomic E-state index is 13.4. The molecule has 270 valence electrons. The molecular weight excluding hydrogens is 647 g/mol. The molecule has 8 nitrogen and oxygen atoms in total. The first-order valence-electron chi connectivity index (χ1n) is 17.3. The van der Waals surface area contributed by atoms with E-state index in [2.05, 4.69) is 135 Å². The van der Waals surface area contributed by atoms with Crippen LogP contribution in [0.1, 0.15) is 95.9 Å². The highest BCUT2D eigenvalue weighted by Crippen LogP contribution is 2.47. The molecule has 0 N–H and O–H groups in total. The molecule has 0 spiro atoms. The van der Waals surface area contributed by atoms with Crippen LogP contribution in [0.4, 0.5) is 0 Å². The van der Waals surface area contributed by atoms with E-state index in [0.717, 1.165) is 0 Å². The predicted molar refractivity (Wildman–Crippen MR) is 199 cm³/mol. The fourth-order valence-corrected chi connectivity index (χ4v) is 9.50. The van der Waals surface area contributed by atoms with E-state index in [1.54, 1.807) is 0 Å². The van der Waals surface area contributed by atoms with Crippen molar-refractivity contribution in [3.05, 3.63) is 0 Å². The Morgan fingerprint density at radius 3 is 1.24 bits per heavy atom. The monoisotopic (exact) mass is 717 g/mol. The zero-order valence-corrected chi connectivity index (χ0v) is 37.3. The lowest BCUT2D eigenvalue weighted by molar-refractivity contribution is -0.247. The number of hydrogen-bond donors (Lipinski definition) is 0. The molecule has 2 fully saturated rings. The van der Waals surface area contributed by atoms with Gasteiger partial charge in [0.2, 0.25) is 11.8 Å². The number of hydrogen-bond acceptors (Lipinski definition) is 7. The van der Waals surface area contributed by atoms with Crippen LogP contribution < -0.4 is 0 Å². The lowest BCUT2D eigenvalue weighted by Crippen LogP contribution is -2.71. The van der Waals surface area contributed by atoms with Gasteiger partial charge in [-0.15, -0.1) is 0 Å². The quantitative estimate of drug-likeness (QED) is 0.165. The maximum Gasteiger partial charge on any atom is 0.231 e. The van der Waals surface area contributed by atoms with Gasteiger partial charge in [0.25, 0.3) is 0 Å². The van der Waals surface area contributed by atoms with Gasteiger partial charge in [0.05, 0.1) is 6.61 Å². The average molecular weight is 718 g/mol. The second kappa shape index (κ2) is 13.5. The van der Waals surface area contributed by atoms with E-state index in [1.807, 2.05) is 0 Å². The van der Waals surface area contributed by atoms with Crippen LogP contribution in [0.2, 0.25) is 72.5 Å². The number of imide groups is 1. The minimum absolute atomic E-state index is 0.0112. The van der Waals surface area contributed by atoms with Crippen LogP contribution in [0.25, 0.3) is 0 Å². The van der Waals surface area contributed by atoms with Crippen molar-refractivity contribution >= 4 is 45.1 Å². The van der Waals surface area contributed by atoms with Gasteiger partial charge < -0.3 is 22.4 Å². The first-order chi connectivity index (χ1) is 20.2. The minimum atomic E-state index is -2.47. The van der Waals surface area contributed by atoms with Crippen LogP contribution in [-0.2, 0) is 32.0 Å². The molecule has 2 heterocycles. The summed E-state index contributed by atoms with van der Waals surface area (Å²) in [6.45, 7) is 44.9. The molecule has 0 aromatic heterocycles. The topological polar surface area (TPSA) is 83.5 Å². The van der Waals surface area contributed by atoms with E-state index in [4.69, 9.17) is 22.4 Å². The van der Waals surface area contributed by atoms with Crippen LogP contribution in [0.15, 0.2) is 0 Å². The van der Waals surface area contributed by atoms with Gasteiger partial charge in [0.1, 0.15) is 24.4 Å². The molecule has 2 aliphatic heterocycles. The summed E-state index contributed by atoms with van der Waals surface area (Å²) in [6.07, 6.45) is -2.94. The first kappa shape index (κ1) is 42.0. The van der Waals surface area contributed by atoms with Gasteiger partial charge in [-0.1, -0.05) is 83.1 Å². The van der Waals surface area contributed by atoms with Crippen molar-refractivity contribution < 1.29 is 32.0 Å². The minimum Gasteiger partial charge on any atom is -0.414 e. The predicted octanol–water partition coefficient (Wildman–Crippen LogP) is 9.05. The zero-order valence-electron chi connectivity index (χ0n) is 33.3. The van der Waals surface area contributed by atoms with Gasteiger partial charge in [0.15, 0.2) is 39.5 Å². The highest BCUT2D eigenvalue weighted by Gasteiger charge is 2.59. The first-order valence-corrected chi connectivity index (χ1v) is 29.0. The lowest BCUT2D eigenvalue weighted by atomic mass is 9.98. The van der Waals surface area contributed by atoms with Crippen LogP contribution in [0, 0.1) is 0 Å². The van der Waals surface area contributed by atoms with E-state index in [-0.39, 0.29) is 51.4 Å². The SMILES string of the molecule is CC(C)(C)[Si](C)(C)OC[C@H]1O[C@@H](N2C(=O)CCC2=O)[C@@H](O[Si](C)(C)C(C)(C)C)[C@@H](O[Si](C)(C)C(C)(C)C)[C@@H]1O[Si](C)(C)C(C)(C)C. The molecule has 46 heavy (non-hydrogen) atoms. The molecule has 0 bridgehead atoms. The van der Waals surface area contributed by atoms with Crippen LogP contribution in [0.5, 0.6) is 0 Å². The highest BCUT2D eigenvalue weighted by molar-refractivity contribution is 6.75. The molecule has 0 aromatic rings. The Hall–Kier alpha value is -0.192. The largest absolute Gasteiger partial charge is 0.414 e. The number of rotatable bonds is 10. The molecule has 5 atom stereocenters. The van der Waals surface area contributed by atoms with Crippen LogP contribution in [0.3, 0.4) is 0 Å². The molecule has 12 heteroatoms. The lowest BCUT2D eigenvalue weighted by Gasteiger charge is -2.56. The number of nitrogens with zero attached hydrogens (tertiary/aromatic N) is 1. The summed E-state index contributed by atoms with van der Waals surface area (Å²) in [5.74, 6) is -0.449. The second-order valence-electron chi connectivity index (χ2n) is 19.8. The van der Waals surface area contributed by atoms with Gasteiger partial charge in [-0.05, 0) is 72.5 Å². The Bertz CT molecular complexity index is 1080. The Morgan fingerprint density at radius 2 is 0.891 bits per heavy atom. The zero-order chi connectivity index (χ0) is 36.3. The van der Waals surface area contributed by atoms with E-state index < -0.39 is 63.9 Å². The molecule has 0 unspecified atom stereocenters. The van der Waals surface area contributed by atoms with Crippen LogP contribution in [-0.4, -0.2) is 87.2 Å². The molecule has 0 saturated carbocycles. The summed E-state index contributed by atoms with van der Waals surface area (Å²) < 4.78 is 35.9. The number of carbonyl (C=O) groups excluding carboxylic acids is 2. The Balaban J connectivity index is 2.90. The smallest absolute Gasteiger partial charge is 0.231 e. The van der Waals surface area contributed by atoms with Gasteiger partial charge in [-0.3, -0.25) is 14.5 Å². The number of likely N-dealkylation sites (tertiary alicyclic amines) is 1. The van der Waals surface area contributed by atoms with Crippen molar-refractivity contribution in [2.45, 2.75) is 199 Å². The third-order valence-corrected chi connectivity index (χ3v) is 30.0. The summed E-state index contributed by atoms with van der Waals surface area (Å²) >= 11 is 0. The maximum absolute atomic E-state index is 13.4. The Kier molecular flexibility index (Phi) is 12.3. The summed E-state index contributed by atoms with van der Waals surface area (Å²) in [5.41, 5.74) is 0. The van der Waals surface area contributed by atoms with Crippen molar-refractivity contribution in [2.24, 2.45) is 0 Å². The molecule has 0 aromatic carbocycles. The van der Waals surface area contributed by atoms with Crippen molar-refractivity contribution in [1.29, 1.82) is 0 Å². The molecule has 2 amide bonds. The summed E-state index contributed by atoms with van der Waals surface area (Å²) in [7, 11) is -9.52. The fraction of sp³-hybridized carbons (Fsp3) is 0.941. The number of amides is 2. The van der Waals surface area contributed by atoms with E-state index in [1.165, 1.54) is 4.90 Å². The Labute approximate surface area is 286 Å². The van der Waals surface area contributed by atoms with Crippen molar-refractivity contribution in [2.75, 3.05) is 6.61 Å². The molecule has 2 saturated heterocycles. The van der Waals surface area contributed by atoms with Crippen LogP contribution >= 0.6 is 0 Å². The van der Waals surface area contributed by atoms with E-state index in [9.17, 15) is 9.59 Å². The fourth-order valence-electron chi connectivity index (χ4n) is 4.57. The van der Waals surface area contributed by atoms with E-state index >= 15 is 0 Å². The standard InChI is InChI=1S/C34H71NO7Si4/c1-31(2,3)43(13,14)38-23-24-27(40-44(15,16)32(4,5)6)28(41-45(17,18)33(7,8)9)29(42-46(19,20)34(10,11)12)30(39-24)35-25(36)21-22-26(35)37/h24,27-30H,21-23H2,1-20H3/t24-,27-,28+,29+,30-/m1/s1.